The first-order valence-electron chi connectivity index (χ1n) is 8.74. The van der Waals surface area contributed by atoms with Crippen molar-refractivity contribution >= 4 is 5.91 Å². The molecule has 2 rings (SSSR count). The summed E-state index contributed by atoms with van der Waals surface area (Å²) in [6, 6.07) is 6.12. The molecule has 1 heterocycles. The van der Waals surface area contributed by atoms with Gasteiger partial charge in [0.2, 0.25) is 11.8 Å². The molecule has 0 radical (unpaired) electrons. The van der Waals surface area contributed by atoms with Crippen molar-refractivity contribution in [1.82, 2.24) is 15.5 Å². The van der Waals surface area contributed by atoms with E-state index in [0.29, 0.717) is 31.0 Å². The van der Waals surface area contributed by atoms with Crippen molar-refractivity contribution in [2.45, 2.75) is 58.9 Å². The normalized spacial score (nSPS) is 12.6. The van der Waals surface area contributed by atoms with Crippen LogP contribution in [0.2, 0.25) is 0 Å². The Kier molecular flexibility index (Phi) is 6.67. The Balaban J connectivity index is 1.85. The Hall–Kier alpha value is -2.24. The van der Waals surface area contributed by atoms with E-state index in [1.807, 2.05) is 27.7 Å². The number of carbonyl (C=O) groups excluding carboxylic acids is 1. The van der Waals surface area contributed by atoms with Crippen molar-refractivity contribution < 1.29 is 13.7 Å². The number of rotatable bonds is 8. The molecule has 0 spiro atoms. The second-order valence-corrected chi connectivity index (χ2v) is 6.90. The number of aromatic nitrogens is 2. The van der Waals surface area contributed by atoms with Crippen LogP contribution < -0.4 is 5.32 Å². The third-order valence-electron chi connectivity index (χ3n) is 4.01. The highest BCUT2D eigenvalue weighted by Gasteiger charge is 2.18. The zero-order chi connectivity index (χ0) is 18.4. The van der Waals surface area contributed by atoms with Gasteiger partial charge in [0.15, 0.2) is 5.82 Å². The SMILES string of the molecule is CC(C)c1noc(CCCC(=O)NC(c2ccc(F)cc2)C(C)C)n1. The molecule has 6 heteroatoms. The average molecular weight is 347 g/mol. The van der Waals surface area contributed by atoms with Crippen LogP contribution in [0.25, 0.3) is 0 Å². The van der Waals surface area contributed by atoms with Gasteiger partial charge in [0.05, 0.1) is 6.04 Å². The van der Waals surface area contributed by atoms with Gasteiger partial charge in [-0.05, 0) is 30.0 Å². The lowest BCUT2D eigenvalue weighted by Crippen LogP contribution is -2.31. The van der Waals surface area contributed by atoms with Crippen molar-refractivity contribution in [2.24, 2.45) is 5.92 Å². The predicted molar refractivity (Wildman–Crippen MR) is 93.4 cm³/mol. The monoisotopic (exact) mass is 347 g/mol. The zero-order valence-electron chi connectivity index (χ0n) is 15.3. The molecule has 1 aromatic carbocycles. The maximum absolute atomic E-state index is 13.1. The molecule has 25 heavy (non-hydrogen) atoms. The molecule has 5 nitrogen and oxygen atoms in total. The van der Waals surface area contributed by atoms with Gasteiger partial charge < -0.3 is 9.84 Å². The quantitative estimate of drug-likeness (QED) is 0.778. The first kappa shape index (κ1) is 19.1. The van der Waals surface area contributed by atoms with E-state index in [4.69, 9.17) is 4.52 Å². The van der Waals surface area contributed by atoms with Gasteiger partial charge in [-0.3, -0.25) is 4.79 Å². The molecular formula is C19H26FN3O2. The van der Waals surface area contributed by atoms with Gasteiger partial charge in [-0.1, -0.05) is 45.0 Å². The number of aryl methyl sites for hydroxylation is 1. The summed E-state index contributed by atoms with van der Waals surface area (Å²) in [6.07, 6.45) is 1.60. The van der Waals surface area contributed by atoms with E-state index in [2.05, 4.69) is 15.5 Å². The van der Waals surface area contributed by atoms with Crippen LogP contribution in [-0.2, 0) is 11.2 Å². The summed E-state index contributed by atoms with van der Waals surface area (Å²) in [7, 11) is 0. The van der Waals surface area contributed by atoms with Crippen LogP contribution in [0.4, 0.5) is 4.39 Å². The summed E-state index contributed by atoms with van der Waals surface area (Å²) in [4.78, 5) is 16.6. The molecular weight excluding hydrogens is 321 g/mol. The summed E-state index contributed by atoms with van der Waals surface area (Å²) in [5.41, 5.74) is 0.906. The van der Waals surface area contributed by atoms with E-state index in [-0.39, 0.29) is 29.6 Å². The summed E-state index contributed by atoms with van der Waals surface area (Å²) in [6.45, 7) is 8.06. The van der Waals surface area contributed by atoms with Crippen LogP contribution in [0.15, 0.2) is 28.8 Å². The Morgan fingerprint density at radius 3 is 2.44 bits per heavy atom. The molecule has 136 valence electrons. The van der Waals surface area contributed by atoms with Gasteiger partial charge in [0.1, 0.15) is 5.82 Å². The fourth-order valence-electron chi connectivity index (χ4n) is 2.55. The summed E-state index contributed by atoms with van der Waals surface area (Å²) in [5, 5.41) is 6.95. The smallest absolute Gasteiger partial charge is 0.226 e. The van der Waals surface area contributed by atoms with Gasteiger partial charge in [-0.15, -0.1) is 0 Å². The maximum Gasteiger partial charge on any atom is 0.226 e. The minimum Gasteiger partial charge on any atom is -0.349 e. The maximum atomic E-state index is 13.1. The van der Waals surface area contributed by atoms with E-state index < -0.39 is 0 Å². The third kappa shape index (κ3) is 5.66. The third-order valence-corrected chi connectivity index (χ3v) is 4.01. The van der Waals surface area contributed by atoms with Crippen LogP contribution in [-0.4, -0.2) is 16.0 Å². The van der Waals surface area contributed by atoms with Gasteiger partial charge in [-0.25, -0.2) is 4.39 Å². The van der Waals surface area contributed by atoms with Crippen LogP contribution in [0.3, 0.4) is 0 Å². The van der Waals surface area contributed by atoms with E-state index in [1.54, 1.807) is 12.1 Å². The Labute approximate surface area is 148 Å². The molecule has 0 saturated heterocycles. The van der Waals surface area contributed by atoms with Crippen molar-refractivity contribution in [3.63, 3.8) is 0 Å². The summed E-state index contributed by atoms with van der Waals surface area (Å²) < 4.78 is 18.3. The lowest BCUT2D eigenvalue weighted by atomic mass is 9.95. The molecule has 0 saturated carbocycles. The summed E-state index contributed by atoms with van der Waals surface area (Å²) >= 11 is 0. The van der Waals surface area contributed by atoms with E-state index >= 15 is 0 Å². The minimum absolute atomic E-state index is 0.0355. The minimum atomic E-state index is -0.280. The Morgan fingerprint density at radius 2 is 1.88 bits per heavy atom. The average Bonchev–Trinajstić information content (AvgIpc) is 3.02. The first-order chi connectivity index (χ1) is 11.9. The Morgan fingerprint density at radius 1 is 1.20 bits per heavy atom. The number of nitrogens with one attached hydrogen (secondary N) is 1. The van der Waals surface area contributed by atoms with Crippen LogP contribution in [0.5, 0.6) is 0 Å². The number of amides is 1. The number of hydrogen-bond donors (Lipinski definition) is 1. The fraction of sp³-hybridized carbons (Fsp3) is 0.526. The van der Waals surface area contributed by atoms with Crippen LogP contribution in [0.1, 0.15) is 69.8 Å². The zero-order valence-corrected chi connectivity index (χ0v) is 15.3. The number of benzene rings is 1. The molecule has 1 unspecified atom stereocenters. The van der Waals surface area contributed by atoms with Gasteiger partial charge in [0, 0.05) is 18.8 Å². The lowest BCUT2D eigenvalue weighted by Gasteiger charge is -2.23. The standard InChI is InChI=1S/C19H26FN3O2/c1-12(2)18(14-8-10-15(20)11-9-14)21-16(24)6-5-7-17-22-19(13(3)4)23-25-17/h8-13,18H,5-7H2,1-4H3,(H,21,24). The summed E-state index contributed by atoms with van der Waals surface area (Å²) in [5.74, 6) is 1.37. The van der Waals surface area contributed by atoms with E-state index in [1.165, 1.54) is 12.1 Å². The number of hydrogen-bond acceptors (Lipinski definition) is 4. The molecule has 2 aromatic rings. The number of nitrogens with zero attached hydrogens (tertiary/aromatic N) is 2. The highest BCUT2D eigenvalue weighted by atomic mass is 19.1. The number of carbonyl (C=O) groups is 1. The fourth-order valence-corrected chi connectivity index (χ4v) is 2.55. The van der Waals surface area contributed by atoms with E-state index in [9.17, 15) is 9.18 Å². The van der Waals surface area contributed by atoms with Crippen molar-refractivity contribution in [3.05, 3.63) is 47.4 Å². The predicted octanol–water partition coefficient (Wildman–Crippen LogP) is 4.17. The van der Waals surface area contributed by atoms with Crippen molar-refractivity contribution in [1.29, 1.82) is 0 Å². The molecule has 0 aliphatic carbocycles. The van der Waals surface area contributed by atoms with Gasteiger partial charge in [-0.2, -0.15) is 4.98 Å². The molecule has 0 aliphatic rings. The number of halogens is 1. The van der Waals surface area contributed by atoms with Crippen molar-refractivity contribution in [3.8, 4) is 0 Å². The second-order valence-electron chi connectivity index (χ2n) is 6.90. The largest absolute Gasteiger partial charge is 0.349 e. The lowest BCUT2D eigenvalue weighted by molar-refractivity contribution is -0.122. The molecule has 1 amide bonds. The van der Waals surface area contributed by atoms with E-state index in [0.717, 1.165) is 5.56 Å². The molecule has 1 aromatic heterocycles. The van der Waals surface area contributed by atoms with Gasteiger partial charge >= 0.3 is 0 Å². The Bertz CT molecular complexity index is 680. The first-order valence-corrected chi connectivity index (χ1v) is 8.74. The molecule has 0 aliphatic heterocycles. The molecule has 1 N–H and O–H groups in total. The topological polar surface area (TPSA) is 68.0 Å². The second kappa shape index (κ2) is 8.74. The van der Waals surface area contributed by atoms with Crippen LogP contribution in [0, 0.1) is 11.7 Å². The van der Waals surface area contributed by atoms with Crippen LogP contribution >= 0.6 is 0 Å². The van der Waals surface area contributed by atoms with Crippen molar-refractivity contribution in [2.75, 3.05) is 0 Å². The molecule has 1 atom stereocenters. The molecule has 0 fully saturated rings. The highest BCUT2D eigenvalue weighted by Crippen LogP contribution is 2.22. The highest BCUT2D eigenvalue weighted by molar-refractivity contribution is 5.76. The molecule has 0 bridgehead atoms. The van der Waals surface area contributed by atoms with Gasteiger partial charge in [0.25, 0.3) is 0 Å².